The summed E-state index contributed by atoms with van der Waals surface area (Å²) >= 11 is 0. The summed E-state index contributed by atoms with van der Waals surface area (Å²) < 4.78 is 5.33. The molecule has 1 aliphatic heterocycles. The lowest BCUT2D eigenvalue weighted by molar-refractivity contribution is 0.0743. The number of rotatable bonds is 3. The minimum Gasteiger partial charge on any atom is -0.496 e. The second-order valence-corrected chi connectivity index (χ2v) is 6.79. The molecular weight excluding hydrogens is 338 g/mol. The molecule has 0 radical (unpaired) electrons. The van der Waals surface area contributed by atoms with E-state index in [0.29, 0.717) is 24.4 Å². The molecule has 0 spiro atoms. The zero-order valence-electron chi connectivity index (χ0n) is 15.7. The lowest BCUT2D eigenvalue weighted by Crippen LogP contribution is -2.49. The summed E-state index contributed by atoms with van der Waals surface area (Å²) in [6.07, 6.45) is 0. The summed E-state index contributed by atoms with van der Waals surface area (Å²) in [7, 11) is 1.60. The van der Waals surface area contributed by atoms with Crippen LogP contribution in [-0.4, -0.2) is 49.1 Å². The first-order valence-electron chi connectivity index (χ1n) is 9.21. The van der Waals surface area contributed by atoms with Crippen LogP contribution in [0.15, 0.2) is 54.6 Å². The molecule has 1 saturated heterocycles. The van der Waals surface area contributed by atoms with Crippen molar-refractivity contribution < 1.29 is 9.53 Å². The Morgan fingerprint density at radius 2 is 1.70 bits per heavy atom. The molecule has 2 aromatic carbocycles. The fraction of sp³-hybridized carbons (Fsp3) is 0.273. The number of para-hydroxylation sites is 2. The van der Waals surface area contributed by atoms with Crippen molar-refractivity contribution in [1.29, 1.82) is 0 Å². The van der Waals surface area contributed by atoms with Crippen molar-refractivity contribution in [3.8, 4) is 5.75 Å². The number of anilines is 1. The van der Waals surface area contributed by atoms with Gasteiger partial charge in [0.1, 0.15) is 11.6 Å². The van der Waals surface area contributed by atoms with Crippen molar-refractivity contribution >= 4 is 22.6 Å². The van der Waals surface area contributed by atoms with Crippen LogP contribution in [0.3, 0.4) is 0 Å². The third-order valence-electron chi connectivity index (χ3n) is 5.14. The lowest BCUT2D eigenvalue weighted by atomic mass is 10.1. The number of fused-ring (bicyclic) bond motifs is 1. The Kier molecular flexibility index (Phi) is 4.67. The lowest BCUT2D eigenvalue weighted by Gasteiger charge is -2.35. The molecule has 5 nitrogen and oxygen atoms in total. The van der Waals surface area contributed by atoms with Crippen LogP contribution in [0.1, 0.15) is 15.9 Å². The second kappa shape index (κ2) is 7.27. The third kappa shape index (κ3) is 3.33. The van der Waals surface area contributed by atoms with Crippen molar-refractivity contribution in [2.24, 2.45) is 0 Å². The highest BCUT2D eigenvalue weighted by Gasteiger charge is 2.25. The molecule has 0 bridgehead atoms. The van der Waals surface area contributed by atoms with Gasteiger partial charge in [0.05, 0.1) is 18.2 Å². The van der Waals surface area contributed by atoms with E-state index in [9.17, 15) is 4.79 Å². The number of nitrogens with zero attached hydrogens (tertiary/aromatic N) is 3. The Morgan fingerprint density at radius 1 is 1.00 bits per heavy atom. The van der Waals surface area contributed by atoms with Gasteiger partial charge in [-0.15, -0.1) is 0 Å². The average Bonchev–Trinajstić information content (AvgIpc) is 2.73. The maximum Gasteiger partial charge on any atom is 0.257 e. The number of aryl methyl sites for hydroxylation is 1. The molecule has 0 N–H and O–H groups in total. The first-order chi connectivity index (χ1) is 13.2. The molecule has 3 aromatic rings. The fourth-order valence-electron chi connectivity index (χ4n) is 3.62. The topological polar surface area (TPSA) is 45.7 Å². The van der Waals surface area contributed by atoms with Gasteiger partial charge < -0.3 is 14.5 Å². The Balaban J connectivity index is 1.50. The van der Waals surface area contributed by atoms with E-state index >= 15 is 0 Å². The normalized spacial score (nSPS) is 14.4. The Morgan fingerprint density at radius 3 is 2.48 bits per heavy atom. The van der Waals surface area contributed by atoms with Crippen molar-refractivity contribution in [2.75, 3.05) is 38.2 Å². The molecule has 1 aromatic heterocycles. The molecule has 2 heterocycles. The molecule has 1 amide bonds. The highest BCUT2D eigenvalue weighted by atomic mass is 16.5. The molecule has 0 aliphatic carbocycles. The molecule has 27 heavy (non-hydrogen) atoms. The van der Waals surface area contributed by atoms with Crippen LogP contribution in [0.5, 0.6) is 5.75 Å². The standard InChI is InChI=1S/C22H23N3O2/c1-16-15-21(23-19-9-5-3-7-17(16)19)24-11-13-25(14-12-24)22(26)18-8-4-6-10-20(18)27-2/h3-10,15H,11-14H2,1-2H3. The van der Waals surface area contributed by atoms with Crippen molar-refractivity contribution in [3.05, 3.63) is 65.7 Å². The Labute approximate surface area is 159 Å². The number of hydrogen-bond donors (Lipinski definition) is 0. The monoisotopic (exact) mass is 361 g/mol. The number of pyridine rings is 1. The maximum atomic E-state index is 12.9. The minimum atomic E-state index is 0.0229. The first kappa shape index (κ1) is 17.3. The molecule has 1 fully saturated rings. The third-order valence-corrected chi connectivity index (χ3v) is 5.14. The van der Waals surface area contributed by atoms with E-state index in [1.54, 1.807) is 7.11 Å². The number of benzene rings is 2. The molecule has 1 aliphatic rings. The van der Waals surface area contributed by atoms with Gasteiger partial charge in [-0.2, -0.15) is 0 Å². The molecule has 0 saturated carbocycles. The van der Waals surface area contributed by atoms with Crippen LogP contribution in [-0.2, 0) is 0 Å². The van der Waals surface area contributed by atoms with E-state index in [2.05, 4.69) is 24.0 Å². The number of piperazine rings is 1. The first-order valence-corrected chi connectivity index (χ1v) is 9.21. The molecule has 0 atom stereocenters. The summed E-state index contributed by atoms with van der Waals surface area (Å²) in [6.45, 7) is 5.00. The van der Waals surface area contributed by atoms with Crippen molar-refractivity contribution in [2.45, 2.75) is 6.92 Å². The van der Waals surface area contributed by atoms with E-state index in [1.165, 1.54) is 10.9 Å². The zero-order chi connectivity index (χ0) is 18.8. The van der Waals surface area contributed by atoms with E-state index in [1.807, 2.05) is 47.4 Å². The van der Waals surface area contributed by atoms with Crippen LogP contribution in [0.2, 0.25) is 0 Å². The van der Waals surface area contributed by atoms with Gasteiger partial charge >= 0.3 is 0 Å². The molecule has 0 unspecified atom stereocenters. The van der Waals surface area contributed by atoms with Crippen LogP contribution < -0.4 is 9.64 Å². The number of carbonyl (C=O) groups is 1. The van der Waals surface area contributed by atoms with E-state index < -0.39 is 0 Å². The number of hydrogen-bond acceptors (Lipinski definition) is 4. The van der Waals surface area contributed by atoms with E-state index in [-0.39, 0.29) is 5.91 Å². The zero-order valence-corrected chi connectivity index (χ0v) is 15.7. The van der Waals surface area contributed by atoms with Crippen molar-refractivity contribution in [1.82, 2.24) is 9.88 Å². The Bertz CT molecular complexity index is 978. The van der Waals surface area contributed by atoms with Gasteiger partial charge in [0.25, 0.3) is 5.91 Å². The predicted molar refractivity (Wildman–Crippen MR) is 108 cm³/mol. The fourth-order valence-corrected chi connectivity index (χ4v) is 3.62. The van der Waals surface area contributed by atoms with Crippen LogP contribution in [0.4, 0.5) is 5.82 Å². The maximum absolute atomic E-state index is 12.9. The second-order valence-electron chi connectivity index (χ2n) is 6.79. The summed E-state index contributed by atoms with van der Waals surface area (Å²) in [5.41, 5.74) is 2.86. The van der Waals surface area contributed by atoms with Crippen LogP contribution in [0.25, 0.3) is 10.9 Å². The van der Waals surface area contributed by atoms with Gasteiger partial charge in [-0.1, -0.05) is 30.3 Å². The number of ether oxygens (including phenoxy) is 1. The summed E-state index contributed by atoms with van der Waals surface area (Å²) in [4.78, 5) is 21.8. The number of methoxy groups -OCH3 is 1. The largest absolute Gasteiger partial charge is 0.496 e. The predicted octanol–water partition coefficient (Wildman–Crippen LogP) is 3.51. The van der Waals surface area contributed by atoms with Crippen LogP contribution >= 0.6 is 0 Å². The molecule has 138 valence electrons. The number of amides is 1. The summed E-state index contributed by atoms with van der Waals surface area (Å²) in [5, 5.41) is 1.19. The highest BCUT2D eigenvalue weighted by Crippen LogP contribution is 2.24. The number of carbonyl (C=O) groups excluding carboxylic acids is 1. The van der Waals surface area contributed by atoms with Gasteiger partial charge in [-0.3, -0.25) is 4.79 Å². The van der Waals surface area contributed by atoms with Crippen molar-refractivity contribution in [3.63, 3.8) is 0 Å². The average molecular weight is 361 g/mol. The van der Waals surface area contributed by atoms with Gasteiger partial charge in [0.15, 0.2) is 0 Å². The molecule has 4 rings (SSSR count). The van der Waals surface area contributed by atoms with Gasteiger partial charge in [0.2, 0.25) is 0 Å². The van der Waals surface area contributed by atoms with Gasteiger partial charge in [0, 0.05) is 31.6 Å². The summed E-state index contributed by atoms with van der Waals surface area (Å²) in [6, 6.07) is 17.7. The van der Waals surface area contributed by atoms with E-state index in [0.717, 1.165) is 24.4 Å². The molecular formula is C22H23N3O2. The number of aromatic nitrogens is 1. The van der Waals surface area contributed by atoms with E-state index in [4.69, 9.17) is 9.72 Å². The minimum absolute atomic E-state index is 0.0229. The van der Waals surface area contributed by atoms with Gasteiger partial charge in [-0.25, -0.2) is 4.98 Å². The van der Waals surface area contributed by atoms with Gasteiger partial charge in [-0.05, 0) is 36.8 Å². The molecule has 5 heteroatoms. The Hall–Kier alpha value is -3.08. The van der Waals surface area contributed by atoms with Crippen LogP contribution in [0, 0.1) is 6.92 Å². The SMILES string of the molecule is COc1ccccc1C(=O)N1CCN(c2cc(C)c3ccccc3n2)CC1. The quantitative estimate of drug-likeness (QED) is 0.716. The highest BCUT2D eigenvalue weighted by molar-refractivity contribution is 5.97. The smallest absolute Gasteiger partial charge is 0.257 e. The summed E-state index contributed by atoms with van der Waals surface area (Å²) in [5.74, 6) is 1.63.